The largest absolute Gasteiger partial charge is 0.0958 e. The van der Waals surface area contributed by atoms with E-state index in [-0.39, 0.29) is 44.6 Å². The summed E-state index contributed by atoms with van der Waals surface area (Å²) in [5.74, 6) is 0.618. The Bertz CT molecular complexity index is 249. The van der Waals surface area contributed by atoms with Crippen LogP contribution in [-0.2, 0) is 0 Å². The van der Waals surface area contributed by atoms with E-state index in [9.17, 15) is 0 Å². The van der Waals surface area contributed by atoms with Crippen LogP contribution in [0.3, 0.4) is 0 Å². The second kappa shape index (κ2) is 19.6. The highest BCUT2D eigenvalue weighted by Gasteiger charge is 2.00. The summed E-state index contributed by atoms with van der Waals surface area (Å²) in [5, 5.41) is 0. The summed E-state index contributed by atoms with van der Waals surface area (Å²) < 4.78 is 0. The van der Waals surface area contributed by atoms with Gasteiger partial charge < -0.3 is 0 Å². The lowest BCUT2D eigenvalue weighted by molar-refractivity contribution is 0.822. The van der Waals surface area contributed by atoms with Crippen molar-refractivity contribution in [2.24, 2.45) is 5.92 Å². The maximum atomic E-state index is 3.95. The first-order chi connectivity index (χ1) is 5.86. The van der Waals surface area contributed by atoms with E-state index in [0.29, 0.717) is 5.92 Å². The summed E-state index contributed by atoms with van der Waals surface area (Å²) in [5.41, 5.74) is 5.21. The van der Waals surface area contributed by atoms with Crippen molar-refractivity contribution in [2.75, 3.05) is 0 Å². The Morgan fingerprint density at radius 1 is 0.737 bits per heavy atom. The van der Waals surface area contributed by atoms with Gasteiger partial charge in [-0.25, -0.2) is 0 Å². The van der Waals surface area contributed by atoms with Crippen molar-refractivity contribution < 1.29 is 0 Å². The lowest BCUT2D eigenvalue weighted by Crippen LogP contribution is -1.90. The molecule has 0 saturated heterocycles. The summed E-state index contributed by atoms with van der Waals surface area (Å²) >= 11 is 0. The molecule has 0 unspecified atom stereocenters. The maximum Gasteiger partial charge on any atom is -0.0285 e. The molecule has 122 valence electrons. The zero-order valence-corrected chi connectivity index (χ0v) is 9.86. The van der Waals surface area contributed by atoms with Crippen molar-refractivity contribution in [3.8, 4) is 0 Å². The quantitative estimate of drug-likeness (QED) is 0.454. The van der Waals surface area contributed by atoms with Gasteiger partial charge in [-0.3, -0.25) is 0 Å². The van der Waals surface area contributed by atoms with Crippen molar-refractivity contribution >= 4 is 0 Å². The first kappa shape index (κ1) is 42.9. The van der Waals surface area contributed by atoms with E-state index in [4.69, 9.17) is 0 Å². The van der Waals surface area contributed by atoms with Gasteiger partial charge in [-0.2, -0.15) is 0 Å². The molecule has 0 N–H and O–H groups in total. The van der Waals surface area contributed by atoms with Crippen molar-refractivity contribution in [1.29, 1.82) is 0 Å². The molecule has 0 aromatic heterocycles. The first-order valence-electron chi connectivity index (χ1n) is 4.88. The third-order valence-corrected chi connectivity index (χ3v) is 2.38. The van der Waals surface area contributed by atoms with Crippen LogP contribution in [0.15, 0.2) is 34.9 Å². The van der Waals surface area contributed by atoms with Crippen molar-refractivity contribution in [1.82, 2.24) is 0 Å². The maximum absolute atomic E-state index is 3.95. The monoisotopic (exact) mass is 274 g/mol. The lowest BCUT2D eigenvalue weighted by atomic mass is 9.97. The Morgan fingerprint density at radius 2 is 1.05 bits per heavy atom. The average molecular weight is 275 g/mol. The van der Waals surface area contributed by atoms with Crippen LogP contribution < -0.4 is 0 Å². The molecule has 0 radical (unpaired) electrons. The molecule has 0 nitrogen and oxygen atoms in total. The summed E-state index contributed by atoms with van der Waals surface area (Å²) in [6, 6.07) is 0. The number of rotatable bonds is 3. The molecular formula is C19H46. The standard InChI is InChI=1S/C13H22.6CH4/c1-9(2)8-11(5)13(7)12(6)10(3)4;;;;;;/h8-9H,3H2,1-2,4-7H3;6*1H4/b11-8?,13-12-;;;;;;. The highest BCUT2D eigenvalue weighted by Crippen LogP contribution is 2.19. The van der Waals surface area contributed by atoms with Gasteiger partial charge in [0.25, 0.3) is 0 Å². The summed E-state index contributed by atoms with van der Waals surface area (Å²) in [4.78, 5) is 0. The summed E-state index contributed by atoms with van der Waals surface area (Å²) in [7, 11) is 0. The Balaban J connectivity index is -0.0000000480. The molecule has 0 spiro atoms. The minimum absolute atomic E-state index is 0. The zero-order valence-electron chi connectivity index (χ0n) is 9.86. The normalized spacial score (nSPS) is 9.95. The Morgan fingerprint density at radius 3 is 1.26 bits per heavy atom. The lowest BCUT2D eigenvalue weighted by Gasteiger charge is -2.09. The fourth-order valence-corrected chi connectivity index (χ4v) is 1.24. The van der Waals surface area contributed by atoms with Crippen LogP contribution >= 0.6 is 0 Å². The molecule has 0 saturated carbocycles. The van der Waals surface area contributed by atoms with Gasteiger partial charge in [-0.15, -0.1) is 0 Å². The van der Waals surface area contributed by atoms with Crippen LogP contribution in [0.5, 0.6) is 0 Å². The fraction of sp³-hybridized carbons (Fsp3) is 0.684. The second-order valence-electron chi connectivity index (χ2n) is 4.12. The predicted octanol–water partition coefficient (Wildman–Crippen LogP) is 8.32. The van der Waals surface area contributed by atoms with Crippen LogP contribution in [0.4, 0.5) is 0 Å². The van der Waals surface area contributed by atoms with Gasteiger partial charge in [0.1, 0.15) is 0 Å². The van der Waals surface area contributed by atoms with Crippen molar-refractivity contribution in [2.45, 2.75) is 86.1 Å². The van der Waals surface area contributed by atoms with E-state index in [1.54, 1.807) is 0 Å². The van der Waals surface area contributed by atoms with Gasteiger partial charge >= 0.3 is 0 Å². The molecule has 0 aliphatic carbocycles. The molecule has 0 rings (SSSR count). The SMILES string of the molecule is C.C.C.C.C.C.C=C(C)/C(C)=C(/C)C(C)=CC(C)C. The molecule has 0 heterocycles. The van der Waals surface area contributed by atoms with E-state index < -0.39 is 0 Å². The first-order valence-corrected chi connectivity index (χ1v) is 4.88. The zero-order chi connectivity index (χ0) is 10.6. The molecule has 19 heavy (non-hydrogen) atoms. The topological polar surface area (TPSA) is 0 Å². The number of hydrogen-bond acceptors (Lipinski definition) is 0. The molecule has 0 aromatic carbocycles. The molecule has 0 amide bonds. The van der Waals surface area contributed by atoms with Gasteiger partial charge in [-0.05, 0) is 44.8 Å². The van der Waals surface area contributed by atoms with Crippen LogP contribution in [0.2, 0.25) is 0 Å². The minimum Gasteiger partial charge on any atom is -0.0958 e. The Hall–Kier alpha value is -0.780. The third kappa shape index (κ3) is 17.2. The Labute approximate surface area is 127 Å². The molecule has 0 aliphatic heterocycles. The van der Waals surface area contributed by atoms with E-state index >= 15 is 0 Å². The summed E-state index contributed by atoms with van der Waals surface area (Å²) in [6.45, 7) is 16.9. The van der Waals surface area contributed by atoms with Gasteiger partial charge in [0.15, 0.2) is 0 Å². The van der Waals surface area contributed by atoms with Gasteiger partial charge in [0, 0.05) is 0 Å². The molecule has 0 heteroatoms. The van der Waals surface area contributed by atoms with Gasteiger partial charge in [-0.1, -0.05) is 82.2 Å². The van der Waals surface area contributed by atoms with E-state index in [1.165, 1.54) is 16.7 Å². The smallest absolute Gasteiger partial charge is 0.0285 e. The highest BCUT2D eigenvalue weighted by atomic mass is 14.1. The molecular weight excluding hydrogens is 228 g/mol. The van der Waals surface area contributed by atoms with Gasteiger partial charge in [0.05, 0.1) is 0 Å². The van der Waals surface area contributed by atoms with Crippen LogP contribution in [0.25, 0.3) is 0 Å². The number of hydrogen-bond donors (Lipinski definition) is 0. The van der Waals surface area contributed by atoms with Crippen molar-refractivity contribution in [3.05, 3.63) is 34.9 Å². The minimum atomic E-state index is 0. The summed E-state index contributed by atoms with van der Waals surface area (Å²) in [6.07, 6.45) is 2.29. The van der Waals surface area contributed by atoms with Gasteiger partial charge in [0.2, 0.25) is 0 Å². The van der Waals surface area contributed by atoms with E-state index in [0.717, 1.165) is 5.57 Å². The van der Waals surface area contributed by atoms with E-state index in [1.807, 2.05) is 0 Å². The average Bonchev–Trinajstić information content (AvgIpc) is 2.00. The third-order valence-electron chi connectivity index (χ3n) is 2.38. The van der Waals surface area contributed by atoms with Crippen LogP contribution in [-0.4, -0.2) is 0 Å². The number of allylic oxidation sites excluding steroid dienone is 5. The Kier molecular flexibility index (Phi) is 44.2. The molecule has 0 bridgehead atoms. The second-order valence-corrected chi connectivity index (χ2v) is 4.12. The fourth-order valence-electron chi connectivity index (χ4n) is 1.24. The van der Waals surface area contributed by atoms with Crippen molar-refractivity contribution in [3.63, 3.8) is 0 Å². The molecule has 0 fully saturated rings. The van der Waals surface area contributed by atoms with Crippen LogP contribution in [0, 0.1) is 5.92 Å². The molecule has 0 aliphatic rings. The van der Waals surface area contributed by atoms with E-state index in [2.05, 4.69) is 54.2 Å². The van der Waals surface area contributed by atoms with Crippen LogP contribution in [0.1, 0.15) is 86.1 Å². The highest BCUT2D eigenvalue weighted by molar-refractivity contribution is 5.39. The molecule has 0 atom stereocenters. The molecule has 0 aromatic rings. The predicted molar refractivity (Wildman–Crippen MR) is 102 cm³/mol.